The van der Waals surface area contributed by atoms with Gasteiger partial charge in [-0.15, -0.1) is 0 Å². The van der Waals surface area contributed by atoms with Gasteiger partial charge in [-0.3, -0.25) is 0 Å². The van der Waals surface area contributed by atoms with E-state index >= 15 is 0 Å². The van der Waals surface area contributed by atoms with Crippen molar-refractivity contribution in [3.05, 3.63) is 71.8 Å². The summed E-state index contributed by atoms with van der Waals surface area (Å²) in [6.07, 6.45) is -3.95. The third-order valence-electron chi connectivity index (χ3n) is 4.83. The monoisotopic (exact) mass is 458 g/mol. The SMILES string of the molecule is C[C@@H](NC(=O)OCc1ccccc1)[C@@H](O)[C@H](O)[C@H](Cc1ccccc1)NC(=O)OC(C)(C)C. The highest BCUT2D eigenvalue weighted by Crippen LogP contribution is 2.14. The first-order chi connectivity index (χ1) is 15.5. The van der Waals surface area contributed by atoms with E-state index in [0.29, 0.717) is 0 Å². The third-order valence-corrected chi connectivity index (χ3v) is 4.83. The molecule has 0 bridgehead atoms. The molecule has 0 saturated carbocycles. The fraction of sp³-hybridized carbons (Fsp3) is 0.440. The van der Waals surface area contributed by atoms with E-state index in [2.05, 4.69) is 10.6 Å². The number of aliphatic hydroxyl groups is 2. The molecule has 2 aromatic rings. The average Bonchev–Trinajstić information content (AvgIpc) is 2.76. The molecular weight excluding hydrogens is 424 g/mol. The summed E-state index contributed by atoms with van der Waals surface area (Å²) >= 11 is 0. The van der Waals surface area contributed by atoms with E-state index in [4.69, 9.17) is 9.47 Å². The van der Waals surface area contributed by atoms with Crippen molar-refractivity contribution in [3.63, 3.8) is 0 Å². The van der Waals surface area contributed by atoms with Gasteiger partial charge in [0.25, 0.3) is 0 Å². The number of hydrogen-bond donors (Lipinski definition) is 4. The molecular formula is C25H34N2O6. The number of amides is 2. The Bertz CT molecular complexity index is 869. The fourth-order valence-electron chi connectivity index (χ4n) is 3.15. The quantitative estimate of drug-likeness (QED) is 0.459. The molecule has 180 valence electrons. The largest absolute Gasteiger partial charge is 0.445 e. The Morgan fingerprint density at radius 2 is 1.39 bits per heavy atom. The van der Waals surface area contributed by atoms with Crippen molar-refractivity contribution in [3.8, 4) is 0 Å². The smallest absolute Gasteiger partial charge is 0.407 e. The number of benzene rings is 2. The van der Waals surface area contributed by atoms with E-state index in [0.717, 1.165) is 11.1 Å². The minimum absolute atomic E-state index is 0.0782. The zero-order valence-corrected chi connectivity index (χ0v) is 19.5. The minimum Gasteiger partial charge on any atom is -0.445 e. The van der Waals surface area contributed by atoms with Crippen LogP contribution in [0.25, 0.3) is 0 Å². The van der Waals surface area contributed by atoms with Gasteiger partial charge < -0.3 is 30.3 Å². The molecule has 0 heterocycles. The zero-order chi connectivity index (χ0) is 24.4. The molecule has 0 unspecified atom stereocenters. The van der Waals surface area contributed by atoms with Gasteiger partial charge in [0.05, 0.1) is 12.1 Å². The lowest BCUT2D eigenvalue weighted by atomic mass is 9.95. The van der Waals surface area contributed by atoms with Crippen LogP contribution >= 0.6 is 0 Å². The van der Waals surface area contributed by atoms with Gasteiger partial charge in [-0.05, 0) is 45.2 Å². The van der Waals surface area contributed by atoms with Gasteiger partial charge in [0.1, 0.15) is 24.4 Å². The molecule has 4 N–H and O–H groups in total. The predicted molar refractivity (Wildman–Crippen MR) is 125 cm³/mol. The lowest BCUT2D eigenvalue weighted by Crippen LogP contribution is -2.56. The number of carbonyl (C=O) groups excluding carboxylic acids is 2. The van der Waals surface area contributed by atoms with Crippen molar-refractivity contribution >= 4 is 12.2 Å². The molecule has 8 nitrogen and oxygen atoms in total. The van der Waals surface area contributed by atoms with Gasteiger partial charge in [0.2, 0.25) is 0 Å². The molecule has 2 amide bonds. The summed E-state index contributed by atoms with van der Waals surface area (Å²) in [6, 6.07) is 16.7. The van der Waals surface area contributed by atoms with Crippen molar-refractivity contribution in [2.45, 2.75) is 70.6 Å². The first kappa shape index (κ1) is 26.2. The van der Waals surface area contributed by atoms with Crippen molar-refractivity contribution in [1.29, 1.82) is 0 Å². The van der Waals surface area contributed by atoms with E-state index in [1.165, 1.54) is 0 Å². The Morgan fingerprint density at radius 3 is 1.94 bits per heavy atom. The Kier molecular flexibility index (Phi) is 9.69. The molecule has 0 aromatic heterocycles. The van der Waals surface area contributed by atoms with Crippen LogP contribution < -0.4 is 10.6 Å². The van der Waals surface area contributed by atoms with Gasteiger partial charge in [0, 0.05) is 0 Å². The van der Waals surface area contributed by atoms with Crippen LogP contribution in [-0.2, 0) is 22.5 Å². The normalized spacial score (nSPS) is 15.0. The van der Waals surface area contributed by atoms with Gasteiger partial charge in [-0.1, -0.05) is 60.7 Å². The minimum atomic E-state index is -1.39. The summed E-state index contributed by atoms with van der Waals surface area (Å²) < 4.78 is 10.5. The average molecular weight is 459 g/mol. The van der Waals surface area contributed by atoms with E-state index in [-0.39, 0.29) is 13.0 Å². The van der Waals surface area contributed by atoms with Crippen LogP contribution in [0.5, 0.6) is 0 Å². The molecule has 4 atom stereocenters. The second-order valence-electron chi connectivity index (χ2n) is 8.92. The summed E-state index contributed by atoms with van der Waals surface area (Å²) in [4.78, 5) is 24.5. The van der Waals surface area contributed by atoms with Crippen LogP contribution in [0.2, 0.25) is 0 Å². The Labute approximate surface area is 194 Å². The lowest BCUT2D eigenvalue weighted by molar-refractivity contribution is -0.0238. The molecule has 0 aliphatic carbocycles. The van der Waals surface area contributed by atoms with Crippen LogP contribution in [-0.4, -0.2) is 52.3 Å². The zero-order valence-electron chi connectivity index (χ0n) is 19.5. The third kappa shape index (κ3) is 9.51. The van der Waals surface area contributed by atoms with E-state index in [1.807, 2.05) is 60.7 Å². The first-order valence-electron chi connectivity index (χ1n) is 10.9. The molecule has 0 radical (unpaired) electrons. The predicted octanol–water partition coefficient (Wildman–Crippen LogP) is 3.16. The number of ether oxygens (including phenoxy) is 2. The van der Waals surface area contributed by atoms with E-state index in [1.54, 1.807) is 27.7 Å². The number of hydrogen-bond acceptors (Lipinski definition) is 6. The molecule has 0 spiro atoms. The summed E-state index contributed by atoms with van der Waals surface area (Å²) in [5.74, 6) is 0. The van der Waals surface area contributed by atoms with Crippen LogP contribution in [0, 0.1) is 0 Å². The standard InChI is InChI=1S/C25H34N2O6/c1-17(26-23(30)32-16-19-13-9-6-10-14-19)21(28)22(29)20(15-18-11-7-5-8-12-18)27-24(31)33-25(2,3)4/h5-14,17,20-22,28-29H,15-16H2,1-4H3,(H,26,30)(H,27,31)/t17-,20+,21-,22-/m1/s1. The summed E-state index contributed by atoms with van der Waals surface area (Å²) in [5, 5.41) is 26.7. The van der Waals surface area contributed by atoms with Crippen LogP contribution in [0.15, 0.2) is 60.7 Å². The maximum atomic E-state index is 12.3. The topological polar surface area (TPSA) is 117 Å². The van der Waals surface area contributed by atoms with Crippen LogP contribution in [0.3, 0.4) is 0 Å². The van der Waals surface area contributed by atoms with Crippen LogP contribution in [0.1, 0.15) is 38.8 Å². The second-order valence-corrected chi connectivity index (χ2v) is 8.92. The number of nitrogens with one attached hydrogen (secondary N) is 2. The van der Waals surface area contributed by atoms with E-state index < -0.39 is 42.1 Å². The van der Waals surface area contributed by atoms with Gasteiger partial charge >= 0.3 is 12.2 Å². The molecule has 0 aliphatic rings. The molecule has 0 aliphatic heterocycles. The second kappa shape index (κ2) is 12.2. The first-order valence-corrected chi connectivity index (χ1v) is 10.9. The summed E-state index contributed by atoms with van der Waals surface area (Å²) in [5.41, 5.74) is 0.959. The highest BCUT2D eigenvalue weighted by molar-refractivity contribution is 5.68. The number of carbonyl (C=O) groups is 2. The number of rotatable bonds is 9. The van der Waals surface area contributed by atoms with Gasteiger partial charge in [-0.25, -0.2) is 9.59 Å². The van der Waals surface area contributed by atoms with Crippen molar-refractivity contribution in [2.75, 3.05) is 0 Å². The Hall–Kier alpha value is -3.10. The highest BCUT2D eigenvalue weighted by Gasteiger charge is 2.33. The number of aliphatic hydroxyl groups excluding tert-OH is 2. The molecule has 0 fully saturated rings. The lowest BCUT2D eigenvalue weighted by Gasteiger charge is -2.31. The number of alkyl carbamates (subject to hydrolysis) is 2. The summed E-state index contributed by atoms with van der Waals surface area (Å²) in [6.45, 7) is 6.82. The van der Waals surface area contributed by atoms with Gasteiger partial charge in [-0.2, -0.15) is 0 Å². The molecule has 2 aromatic carbocycles. The Balaban J connectivity index is 2.00. The fourth-order valence-corrected chi connectivity index (χ4v) is 3.15. The van der Waals surface area contributed by atoms with Crippen molar-refractivity contribution < 1.29 is 29.3 Å². The molecule has 8 heteroatoms. The maximum absolute atomic E-state index is 12.3. The highest BCUT2D eigenvalue weighted by atomic mass is 16.6. The van der Waals surface area contributed by atoms with Crippen LogP contribution in [0.4, 0.5) is 9.59 Å². The summed E-state index contributed by atoms with van der Waals surface area (Å²) in [7, 11) is 0. The van der Waals surface area contributed by atoms with Crippen molar-refractivity contribution in [2.24, 2.45) is 0 Å². The van der Waals surface area contributed by atoms with E-state index in [9.17, 15) is 19.8 Å². The molecule has 33 heavy (non-hydrogen) atoms. The van der Waals surface area contributed by atoms with Gasteiger partial charge in [0.15, 0.2) is 0 Å². The molecule has 2 rings (SSSR count). The van der Waals surface area contributed by atoms with Crippen molar-refractivity contribution in [1.82, 2.24) is 10.6 Å². The molecule has 0 saturated heterocycles. The Morgan fingerprint density at radius 1 is 0.848 bits per heavy atom. The maximum Gasteiger partial charge on any atom is 0.407 e.